The maximum absolute atomic E-state index is 5.91. The van der Waals surface area contributed by atoms with E-state index in [4.69, 9.17) is 18.9 Å². The summed E-state index contributed by atoms with van der Waals surface area (Å²) in [5.41, 5.74) is 2.27. The molecule has 0 aliphatic carbocycles. The molecule has 0 N–H and O–H groups in total. The second-order valence-corrected chi connectivity index (χ2v) is 10.7. The van der Waals surface area contributed by atoms with Crippen molar-refractivity contribution in [3.8, 4) is 43.9 Å². The summed E-state index contributed by atoms with van der Waals surface area (Å²) in [6, 6.07) is 0. The molecule has 0 saturated carbocycles. The number of ether oxygens (including phenoxy) is 4. The van der Waals surface area contributed by atoms with E-state index >= 15 is 0 Å². The predicted molar refractivity (Wildman–Crippen MR) is 108 cm³/mol. The van der Waals surface area contributed by atoms with Crippen LogP contribution in [0.25, 0.3) is 20.9 Å². The number of rotatable bonds is 2. The monoisotopic (exact) mass is 520 g/mol. The molecule has 0 atom stereocenters. The fraction of sp³-hybridized carbons (Fsp3) is 0.250. The lowest BCUT2D eigenvalue weighted by Gasteiger charge is -2.17. The quantitative estimate of drug-likeness (QED) is 0.398. The molecule has 0 spiro atoms. The molecular formula is C16H10Br2O4S3. The van der Waals surface area contributed by atoms with Gasteiger partial charge in [0.25, 0.3) is 0 Å². The summed E-state index contributed by atoms with van der Waals surface area (Å²) in [7, 11) is 0. The zero-order chi connectivity index (χ0) is 17.0. The third kappa shape index (κ3) is 2.63. The second-order valence-electron chi connectivity index (χ2n) is 5.32. The Hall–Kier alpha value is -0.740. The van der Waals surface area contributed by atoms with Crippen LogP contribution in [-0.4, -0.2) is 26.4 Å². The van der Waals surface area contributed by atoms with Crippen LogP contribution in [0.5, 0.6) is 23.0 Å². The predicted octanol–water partition coefficient (Wildman–Crippen LogP) is 6.27. The minimum atomic E-state index is 0.569. The highest BCUT2D eigenvalue weighted by Gasteiger charge is 2.30. The number of fused-ring (bicyclic) bond motifs is 2. The van der Waals surface area contributed by atoms with Gasteiger partial charge in [-0.1, -0.05) is 0 Å². The van der Waals surface area contributed by atoms with E-state index in [2.05, 4.69) is 42.6 Å². The number of hydrogen-bond donors (Lipinski definition) is 0. The Morgan fingerprint density at radius 3 is 1.48 bits per heavy atom. The smallest absolute Gasteiger partial charge is 0.187 e. The maximum atomic E-state index is 5.91. The second kappa shape index (κ2) is 6.45. The van der Waals surface area contributed by atoms with Crippen molar-refractivity contribution in [2.24, 2.45) is 0 Å². The lowest BCUT2D eigenvalue weighted by atomic mass is 10.1. The molecule has 4 nitrogen and oxygen atoms in total. The van der Waals surface area contributed by atoms with E-state index in [1.807, 2.05) is 0 Å². The third-order valence-electron chi connectivity index (χ3n) is 3.87. The minimum absolute atomic E-state index is 0.569. The van der Waals surface area contributed by atoms with Crippen molar-refractivity contribution in [2.45, 2.75) is 0 Å². The Bertz CT molecular complexity index is 884. The first kappa shape index (κ1) is 16.4. The van der Waals surface area contributed by atoms with E-state index in [0.29, 0.717) is 26.4 Å². The SMILES string of the molecule is Brc1sc(-c2cscc2-c2sc(Br)c3c2OCCO3)c2c1OCCO2. The summed E-state index contributed by atoms with van der Waals surface area (Å²) in [5, 5.41) is 4.30. The van der Waals surface area contributed by atoms with E-state index < -0.39 is 0 Å². The third-order valence-corrected chi connectivity index (χ3v) is 8.25. The Balaban J connectivity index is 1.67. The van der Waals surface area contributed by atoms with Crippen molar-refractivity contribution in [3.05, 3.63) is 18.3 Å². The van der Waals surface area contributed by atoms with Crippen LogP contribution >= 0.6 is 65.9 Å². The van der Waals surface area contributed by atoms with Gasteiger partial charge in [-0.25, -0.2) is 0 Å². The molecule has 25 heavy (non-hydrogen) atoms. The summed E-state index contributed by atoms with van der Waals surface area (Å²) in [5.74, 6) is 3.25. The van der Waals surface area contributed by atoms with Crippen molar-refractivity contribution >= 4 is 65.9 Å². The Morgan fingerprint density at radius 2 is 1.04 bits per heavy atom. The van der Waals surface area contributed by atoms with Gasteiger partial charge < -0.3 is 18.9 Å². The Morgan fingerprint density at radius 1 is 0.640 bits per heavy atom. The molecular weight excluding hydrogens is 512 g/mol. The molecule has 0 aromatic carbocycles. The van der Waals surface area contributed by atoms with Crippen molar-refractivity contribution in [3.63, 3.8) is 0 Å². The van der Waals surface area contributed by atoms with Crippen LogP contribution in [0.4, 0.5) is 0 Å². The van der Waals surface area contributed by atoms with Gasteiger partial charge in [0.1, 0.15) is 34.0 Å². The molecule has 2 aliphatic heterocycles. The largest absolute Gasteiger partial charge is 0.485 e. The summed E-state index contributed by atoms with van der Waals surface area (Å²) >= 11 is 12.1. The zero-order valence-corrected chi connectivity index (χ0v) is 18.2. The van der Waals surface area contributed by atoms with Crippen molar-refractivity contribution < 1.29 is 18.9 Å². The summed E-state index contributed by atoms with van der Waals surface area (Å²) in [6.07, 6.45) is 0. The number of hydrogen-bond acceptors (Lipinski definition) is 7. The van der Waals surface area contributed by atoms with E-state index in [-0.39, 0.29) is 0 Å². The molecule has 0 radical (unpaired) electrons. The van der Waals surface area contributed by atoms with Crippen LogP contribution < -0.4 is 18.9 Å². The van der Waals surface area contributed by atoms with Crippen molar-refractivity contribution in [1.82, 2.24) is 0 Å². The lowest BCUT2D eigenvalue weighted by Crippen LogP contribution is -2.14. The molecule has 2 aliphatic rings. The zero-order valence-electron chi connectivity index (χ0n) is 12.6. The first-order valence-corrected chi connectivity index (χ1v) is 11.6. The lowest BCUT2D eigenvalue weighted by molar-refractivity contribution is 0.173. The summed E-state index contributed by atoms with van der Waals surface area (Å²) in [4.78, 5) is 2.15. The average Bonchev–Trinajstić information content (AvgIpc) is 3.32. The molecule has 0 amide bonds. The van der Waals surface area contributed by atoms with E-state index in [9.17, 15) is 0 Å². The molecule has 0 unspecified atom stereocenters. The first-order chi connectivity index (χ1) is 12.2. The van der Waals surface area contributed by atoms with Crippen molar-refractivity contribution in [2.75, 3.05) is 26.4 Å². The molecule has 0 bridgehead atoms. The standard InChI is InChI=1S/C16H10Br2O4S3/c17-15-11-9(19-1-3-21-11)13(24-15)7-5-23-6-8(7)14-10-12(16(18)25-14)22-4-2-20-10/h5-6H,1-4H2. The van der Waals surface area contributed by atoms with Gasteiger partial charge in [-0.05, 0) is 31.9 Å². The van der Waals surface area contributed by atoms with E-state index in [1.165, 1.54) is 0 Å². The van der Waals surface area contributed by atoms with Crippen LogP contribution in [0.3, 0.4) is 0 Å². The van der Waals surface area contributed by atoms with Crippen LogP contribution in [-0.2, 0) is 0 Å². The Labute approximate surface area is 172 Å². The Kier molecular flexibility index (Phi) is 4.24. The molecule has 0 saturated heterocycles. The average molecular weight is 522 g/mol. The van der Waals surface area contributed by atoms with E-state index in [1.54, 1.807) is 34.0 Å². The topological polar surface area (TPSA) is 36.9 Å². The number of halogens is 2. The maximum Gasteiger partial charge on any atom is 0.187 e. The molecule has 3 aromatic rings. The van der Waals surface area contributed by atoms with Gasteiger partial charge in [-0.3, -0.25) is 0 Å². The van der Waals surface area contributed by atoms with Crippen LogP contribution in [0.1, 0.15) is 0 Å². The highest BCUT2D eigenvalue weighted by molar-refractivity contribution is 9.11. The first-order valence-electron chi connectivity index (χ1n) is 7.46. The van der Waals surface area contributed by atoms with Gasteiger partial charge in [0, 0.05) is 21.9 Å². The molecule has 0 fully saturated rings. The molecule has 5 rings (SSSR count). The summed E-state index contributed by atoms with van der Waals surface area (Å²) in [6.45, 7) is 2.29. The fourth-order valence-electron chi connectivity index (χ4n) is 2.83. The van der Waals surface area contributed by atoms with Crippen LogP contribution in [0.15, 0.2) is 18.3 Å². The van der Waals surface area contributed by atoms with E-state index in [0.717, 1.165) is 51.5 Å². The molecule has 130 valence electrons. The summed E-state index contributed by atoms with van der Waals surface area (Å²) < 4.78 is 25.3. The fourth-order valence-corrected chi connectivity index (χ4v) is 7.27. The van der Waals surface area contributed by atoms with Crippen LogP contribution in [0.2, 0.25) is 0 Å². The molecule has 3 aromatic heterocycles. The molecule has 9 heteroatoms. The van der Waals surface area contributed by atoms with Crippen LogP contribution in [0, 0.1) is 0 Å². The number of thiophene rings is 3. The van der Waals surface area contributed by atoms with Gasteiger partial charge in [0.05, 0.1) is 9.75 Å². The van der Waals surface area contributed by atoms with Gasteiger partial charge in [0.15, 0.2) is 23.0 Å². The van der Waals surface area contributed by atoms with Gasteiger partial charge in [0.2, 0.25) is 0 Å². The normalized spacial score (nSPS) is 15.4. The van der Waals surface area contributed by atoms with Gasteiger partial charge in [-0.2, -0.15) is 11.3 Å². The minimum Gasteiger partial charge on any atom is -0.485 e. The molecule has 5 heterocycles. The van der Waals surface area contributed by atoms with Gasteiger partial charge >= 0.3 is 0 Å². The highest BCUT2D eigenvalue weighted by Crippen LogP contribution is 2.58. The van der Waals surface area contributed by atoms with Gasteiger partial charge in [-0.15, -0.1) is 22.7 Å². The highest BCUT2D eigenvalue weighted by atomic mass is 79.9. The van der Waals surface area contributed by atoms with Crippen molar-refractivity contribution in [1.29, 1.82) is 0 Å².